The zero-order chi connectivity index (χ0) is 10.8. The first kappa shape index (κ1) is 9.39. The summed E-state index contributed by atoms with van der Waals surface area (Å²) < 4.78 is 1.53. The highest BCUT2D eigenvalue weighted by Gasteiger charge is 2.04. The van der Waals surface area contributed by atoms with Crippen molar-refractivity contribution in [2.24, 2.45) is 0 Å². The Morgan fingerprint density at radius 3 is 3.00 bits per heavy atom. The zero-order valence-electron chi connectivity index (χ0n) is 8.10. The molecule has 0 spiro atoms. The van der Waals surface area contributed by atoms with Crippen molar-refractivity contribution < 1.29 is 4.79 Å². The molecule has 0 aliphatic carbocycles. The monoisotopic (exact) mass is 203 g/mol. The van der Waals surface area contributed by atoms with Crippen LogP contribution in [0.3, 0.4) is 0 Å². The van der Waals surface area contributed by atoms with Gasteiger partial charge >= 0.3 is 0 Å². The number of carbonyl (C=O) groups is 1. The molecule has 76 valence electrons. The lowest BCUT2D eigenvalue weighted by molar-refractivity contribution is 0.111. The first-order chi connectivity index (χ1) is 7.20. The molecule has 5 heteroatoms. The number of hydrogen-bond acceptors (Lipinski definition) is 3. The maximum absolute atomic E-state index is 11.2. The van der Waals surface area contributed by atoms with Gasteiger partial charge in [-0.1, -0.05) is 0 Å². The Balaban J connectivity index is 2.63. The second-order valence-electron chi connectivity index (χ2n) is 3.13. The molecule has 0 unspecified atom stereocenters. The van der Waals surface area contributed by atoms with Gasteiger partial charge in [-0.15, -0.1) is 0 Å². The molecule has 0 amide bonds. The Bertz CT molecular complexity index is 554. The van der Waals surface area contributed by atoms with Crippen molar-refractivity contribution in [2.45, 2.75) is 6.92 Å². The fourth-order valence-corrected chi connectivity index (χ4v) is 1.36. The Labute approximate surface area is 85.4 Å². The van der Waals surface area contributed by atoms with E-state index >= 15 is 0 Å². The third kappa shape index (κ3) is 1.71. The SMILES string of the molecule is Cc1cc(=O)[nH]c(-n2cccc2C=O)n1. The third-order valence-corrected chi connectivity index (χ3v) is 1.99. The van der Waals surface area contributed by atoms with Crippen LogP contribution in [0.1, 0.15) is 16.2 Å². The van der Waals surface area contributed by atoms with E-state index in [4.69, 9.17) is 0 Å². The summed E-state index contributed by atoms with van der Waals surface area (Å²) in [6.07, 6.45) is 2.38. The predicted molar refractivity (Wildman–Crippen MR) is 54.3 cm³/mol. The second kappa shape index (κ2) is 3.53. The van der Waals surface area contributed by atoms with Crippen LogP contribution in [0.2, 0.25) is 0 Å². The number of aldehydes is 1. The predicted octanol–water partition coefficient (Wildman–Crippen LogP) is 0.682. The molecule has 0 saturated heterocycles. The number of nitrogens with one attached hydrogen (secondary N) is 1. The fourth-order valence-electron chi connectivity index (χ4n) is 1.36. The van der Waals surface area contributed by atoms with E-state index in [-0.39, 0.29) is 5.56 Å². The van der Waals surface area contributed by atoms with Crippen molar-refractivity contribution in [3.63, 3.8) is 0 Å². The summed E-state index contributed by atoms with van der Waals surface area (Å²) in [5, 5.41) is 0. The topological polar surface area (TPSA) is 67.8 Å². The number of rotatable bonds is 2. The van der Waals surface area contributed by atoms with Crippen LogP contribution in [0.15, 0.2) is 29.2 Å². The minimum atomic E-state index is -0.233. The van der Waals surface area contributed by atoms with Crippen molar-refractivity contribution in [3.8, 4) is 5.95 Å². The van der Waals surface area contributed by atoms with Gasteiger partial charge in [0.15, 0.2) is 6.29 Å². The normalized spacial score (nSPS) is 10.2. The van der Waals surface area contributed by atoms with Crippen molar-refractivity contribution in [1.29, 1.82) is 0 Å². The van der Waals surface area contributed by atoms with Crippen LogP contribution in [0.25, 0.3) is 5.95 Å². The average Bonchev–Trinajstić information content (AvgIpc) is 2.63. The molecule has 2 heterocycles. The van der Waals surface area contributed by atoms with Gasteiger partial charge in [-0.3, -0.25) is 19.1 Å². The average molecular weight is 203 g/mol. The van der Waals surface area contributed by atoms with Gasteiger partial charge in [0.05, 0.1) is 5.69 Å². The van der Waals surface area contributed by atoms with E-state index in [0.29, 0.717) is 23.6 Å². The Morgan fingerprint density at radius 2 is 2.33 bits per heavy atom. The summed E-state index contributed by atoms with van der Waals surface area (Å²) in [5.41, 5.74) is 0.825. The van der Waals surface area contributed by atoms with Crippen molar-refractivity contribution in [2.75, 3.05) is 0 Å². The molecule has 0 aromatic carbocycles. The minimum absolute atomic E-state index is 0.233. The number of aromatic amines is 1. The van der Waals surface area contributed by atoms with E-state index in [9.17, 15) is 9.59 Å². The van der Waals surface area contributed by atoms with Crippen LogP contribution in [-0.4, -0.2) is 20.8 Å². The molecule has 0 bridgehead atoms. The standard InChI is InChI=1S/C10H9N3O2/c1-7-5-9(15)12-10(11-7)13-4-2-3-8(13)6-14/h2-6H,1H3,(H,11,12,15). The van der Waals surface area contributed by atoms with Gasteiger partial charge in [-0.25, -0.2) is 4.98 Å². The van der Waals surface area contributed by atoms with E-state index in [0.717, 1.165) is 0 Å². The minimum Gasteiger partial charge on any atom is -0.296 e. The fraction of sp³-hybridized carbons (Fsp3) is 0.100. The quantitative estimate of drug-likeness (QED) is 0.730. The first-order valence-corrected chi connectivity index (χ1v) is 4.41. The van der Waals surface area contributed by atoms with Gasteiger partial charge in [-0.2, -0.15) is 0 Å². The van der Waals surface area contributed by atoms with Crippen molar-refractivity contribution in [3.05, 3.63) is 46.1 Å². The first-order valence-electron chi connectivity index (χ1n) is 4.41. The molecule has 2 rings (SSSR count). The smallest absolute Gasteiger partial charge is 0.252 e. The molecule has 0 aliphatic heterocycles. The Kier molecular flexibility index (Phi) is 2.21. The van der Waals surface area contributed by atoms with Gasteiger partial charge in [-0.05, 0) is 19.1 Å². The van der Waals surface area contributed by atoms with E-state index in [1.807, 2.05) is 0 Å². The molecule has 0 aliphatic rings. The lowest BCUT2D eigenvalue weighted by Crippen LogP contribution is -2.13. The van der Waals surface area contributed by atoms with Gasteiger partial charge in [0.25, 0.3) is 5.56 Å². The lowest BCUT2D eigenvalue weighted by Gasteiger charge is -2.03. The number of aryl methyl sites for hydroxylation is 1. The van der Waals surface area contributed by atoms with Crippen LogP contribution < -0.4 is 5.56 Å². The number of nitrogens with zero attached hydrogens (tertiary/aromatic N) is 2. The molecule has 0 fully saturated rings. The second-order valence-corrected chi connectivity index (χ2v) is 3.13. The van der Waals surface area contributed by atoms with Gasteiger partial charge < -0.3 is 0 Å². The molecule has 5 nitrogen and oxygen atoms in total. The molecular weight excluding hydrogens is 194 g/mol. The van der Waals surface area contributed by atoms with Crippen molar-refractivity contribution in [1.82, 2.24) is 14.5 Å². The molecular formula is C10H9N3O2. The summed E-state index contributed by atoms with van der Waals surface area (Å²) in [7, 11) is 0. The highest BCUT2D eigenvalue weighted by molar-refractivity contribution is 5.73. The number of H-pyrrole nitrogens is 1. The summed E-state index contributed by atoms with van der Waals surface area (Å²) in [5.74, 6) is 0.354. The van der Waals surface area contributed by atoms with Crippen LogP contribution in [0, 0.1) is 6.92 Å². The third-order valence-electron chi connectivity index (χ3n) is 1.99. The van der Waals surface area contributed by atoms with E-state index in [2.05, 4.69) is 9.97 Å². The number of hydrogen-bond donors (Lipinski definition) is 1. The summed E-state index contributed by atoms with van der Waals surface area (Å²) >= 11 is 0. The highest BCUT2D eigenvalue weighted by Crippen LogP contribution is 2.05. The molecule has 2 aromatic heterocycles. The van der Waals surface area contributed by atoms with E-state index < -0.39 is 0 Å². The van der Waals surface area contributed by atoms with Crippen LogP contribution >= 0.6 is 0 Å². The largest absolute Gasteiger partial charge is 0.296 e. The molecule has 0 radical (unpaired) electrons. The summed E-state index contributed by atoms with van der Waals surface area (Å²) in [6.45, 7) is 1.73. The maximum Gasteiger partial charge on any atom is 0.252 e. The van der Waals surface area contributed by atoms with E-state index in [1.165, 1.54) is 10.6 Å². The highest BCUT2D eigenvalue weighted by atomic mass is 16.1. The lowest BCUT2D eigenvalue weighted by atomic mass is 10.4. The van der Waals surface area contributed by atoms with Gasteiger partial charge in [0.2, 0.25) is 5.95 Å². The van der Waals surface area contributed by atoms with Crippen LogP contribution in [-0.2, 0) is 0 Å². The molecule has 0 saturated carbocycles. The molecule has 15 heavy (non-hydrogen) atoms. The van der Waals surface area contributed by atoms with Crippen LogP contribution in [0.5, 0.6) is 0 Å². The van der Waals surface area contributed by atoms with E-state index in [1.54, 1.807) is 25.3 Å². The number of carbonyl (C=O) groups excluding carboxylic acids is 1. The zero-order valence-corrected chi connectivity index (χ0v) is 8.10. The van der Waals surface area contributed by atoms with Crippen LogP contribution in [0.4, 0.5) is 0 Å². The van der Waals surface area contributed by atoms with Gasteiger partial charge in [0, 0.05) is 18.0 Å². The summed E-state index contributed by atoms with van der Waals surface area (Å²) in [4.78, 5) is 28.6. The Hall–Kier alpha value is -2.17. The van der Waals surface area contributed by atoms with Crippen molar-refractivity contribution >= 4 is 6.29 Å². The number of aromatic nitrogens is 3. The summed E-state index contributed by atoms with van der Waals surface area (Å²) in [6, 6.07) is 4.76. The van der Waals surface area contributed by atoms with Gasteiger partial charge in [0.1, 0.15) is 0 Å². The molecule has 2 aromatic rings. The molecule has 0 atom stereocenters. The maximum atomic E-state index is 11.2. The Morgan fingerprint density at radius 1 is 1.53 bits per heavy atom. The molecule has 1 N–H and O–H groups in total.